The van der Waals surface area contributed by atoms with Crippen molar-refractivity contribution in [3.8, 4) is 5.75 Å². The number of carbonyl (C=O) groups excluding carboxylic acids is 1. The summed E-state index contributed by atoms with van der Waals surface area (Å²) in [4.78, 5) is 12.4. The Labute approximate surface area is 129 Å². The first kappa shape index (κ1) is 16.0. The zero-order valence-corrected chi connectivity index (χ0v) is 13.2. The molecule has 1 aromatic heterocycles. The fraction of sp³-hybridized carbons (Fsp3) is 0.375. The number of rotatable bonds is 5. The molecule has 0 radical (unpaired) electrons. The van der Waals surface area contributed by atoms with Gasteiger partial charge in [0.25, 0.3) is 5.91 Å². The Morgan fingerprint density at radius 1 is 1.50 bits per heavy atom. The first-order valence-corrected chi connectivity index (χ1v) is 7.15. The summed E-state index contributed by atoms with van der Waals surface area (Å²) in [5.74, 6) is -0.291. The highest BCUT2D eigenvalue weighted by Crippen LogP contribution is 2.27. The molecular weight excluding hydrogens is 285 g/mol. The van der Waals surface area contributed by atoms with Crippen LogP contribution in [-0.2, 0) is 6.54 Å². The van der Waals surface area contributed by atoms with E-state index in [2.05, 4.69) is 10.4 Å². The van der Waals surface area contributed by atoms with Gasteiger partial charge in [-0.2, -0.15) is 5.10 Å². The smallest absolute Gasteiger partial charge is 0.270 e. The number of hydrogen-bond acceptors (Lipinski definition) is 3. The first-order chi connectivity index (χ1) is 10.5. The van der Waals surface area contributed by atoms with Crippen LogP contribution in [0.25, 0.3) is 0 Å². The van der Waals surface area contributed by atoms with E-state index in [0.29, 0.717) is 23.6 Å². The molecular formula is C16H20FN3O2. The molecule has 1 amide bonds. The van der Waals surface area contributed by atoms with E-state index in [4.69, 9.17) is 4.74 Å². The fourth-order valence-corrected chi connectivity index (χ4v) is 2.43. The van der Waals surface area contributed by atoms with Crippen LogP contribution in [0.15, 0.2) is 24.3 Å². The molecule has 0 aliphatic heterocycles. The maximum absolute atomic E-state index is 14.0. The maximum Gasteiger partial charge on any atom is 0.270 e. The lowest BCUT2D eigenvalue weighted by Crippen LogP contribution is -2.29. The highest BCUT2D eigenvalue weighted by atomic mass is 19.1. The van der Waals surface area contributed by atoms with Crippen LogP contribution in [0.5, 0.6) is 5.75 Å². The monoisotopic (exact) mass is 305 g/mol. The van der Waals surface area contributed by atoms with Crippen molar-refractivity contribution in [1.29, 1.82) is 0 Å². The van der Waals surface area contributed by atoms with E-state index in [9.17, 15) is 9.18 Å². The molecule has 118 valence electrons. The number of nitrogens with one attached hydrogen (secondary N) is 1. The van der Waals surface area contributed by atoms with Crippen molar-refractivity contribution in [3.05, 3.63) is 47.0 Å². The van der Waals surface area contributed by atoms with E-state index in [-0.39, 0.29) is 5.91 Å². The molecule has 0 aliphatic rings. The van der Waals surface area contributed by atoms with Crippen LogP contribution in [0.3, 0.4) is 0 Å². The molecule has 1 aromatic carbocycles. The molecule has 1 heterocycles. The van der Waals surface area contributed by atoms with Gasteiger partial charge in [-0.15, -0.1) is 0 Å². The van der Waals surface area contributed by atoms with Crippen molar-refractivity contribution in [2.45, 2.75) is 33.4 Å². The Balaban J connectivity index is 2.25. The summed E-state index contributed by atoms with van der Waals surface area (Å²) < 4.78 is 20.8. The Kier molecular flexibility index (Phi) is 4.80. The molecule has 22 heavy (non-hydrogen) atoms. The lowest BCUT2D eigenvalue weighted by Gasteiger charge is -2.18. The minimum atomic E-state index is -0.524. The third-order valence-corrected chi connectivity index (χ3v) is 3.45. The van der Waals surface area contributed by atoms with Crippen LogP contribution in [0.1, 0.15) is 41.6 Å². The van der Waals surface area contributed by atoms with Crippen LogP contribution < -0.4 is 10.1 Å². The number of amides is 1. The van der Waals surface area contributed by atoms with Gasteiger partial charge >= 0.3 is 0 Å². The second-order valence-corrected chi connectivity index (χ2v) is 5.04. The Morgan fingerprint density at radius 3 is 2.86 bits per heavy atom. The summed E-state index contributed by atoms with van der Waals surface area (Å²) in [6.07, 6.45) is 0. The number of methoxy groups -OCH3 is 1. The number of ether oxygens (including phenoxy) is 1. The molecule has 0 unspecified atom stereocenters. The topological polar surface area (TPSA) is 56.2 Å². The molecule has 0 saturated carbocycles. The molecule has 2 rings (SSSR count). The highest BCUT2D eigenvalue weighted by Gasteiger charge is 2.21. The minimum Gasteiger partial charge on any atom is -0.496 e. The number of carbonyl (C=O) groups is 1. The third-order valence-electron chi connectivity index (χ3n) is 3.45. The second-order valence-electron chi connectivity index (χ2n) is 5.04. The van der Waals surface area contributed by atoms with E-state index in [0.717, 1.165) is 5.69 Å². The van der Waals surface area contributed by atoms with Gasteiger partial charge in [-0.05, 0) is 39.0 Å². The van der Waals surface area contributed by atoms with Crippen molar-refractivity contribution in [3.63, 3.8) is 0 Å². The van der Waals surface area contributed by atoms with Gasteiger partial charge in [0.05, 0.1) is 24.4 Å². The SMILES string of the molecule is CCn1nc(C)cc1C(=O)N[C@H](C)c1c(F)cccc1OC. The average Bonchev–Trinajstić information content (AvgIpc) is 2.87. The molecule has 6 heteroatoms. The van der Waals surface area contributed by atoms with Gasteiger partial charge in [0, 0.05) is 6.54 Å². The fourth-order valence-electron chi connectivity index (χ4n) is 2.43. The van der Waals surface area contributed by atoms with Crippen molar-refractivity contribution in [1.82, 2.24) is 15.1 Å². The van der Waals surface area contributed by atoms with Crippen LogP contribution in [0, 0.1) is 12.7 Å². The lowest BCUT2D eigenvalue weighted by atomic mass is 10.1. The van der Waals surface area contributed by atoms with Crippen molar-refractivity contribution in [2.24, 2.45) is 0 Å². The molecule has 0 spiro atoms. The Hall–Kier alpha value is -2.37. The summed E-state index contributed by atoms with van der Waals surface area (Å²) in [5, 5.41) is 7.03. The maximum atomic E-state index is 14.0. The summed E-state index contributed by atoms with van der Waals surface area (Å²) in [6, 6.07) is 5.78. The summed E-state index contributed by atoms with van der Waals surface area (Å²) >= 11 is 0. The highest BCUT2D eigenvalue weighted by molar-refractivity contribution is 5.93. The molecule has 2 aromatic rings. The first-order valence-electron chi connectivity index (χ1n) is 7.15. The lowest BCUT2D eigenvalue weighted by molar-refractivity contribution is 0.0928. The molecule has 0 aliphatic carbocycles. The van der Waals surface area contributed by atoms with Gasteiger partial charge in [-0.1, -0.05) is 6.07 Å². The number of hydrogen-bond donors (Lipinski definition) is 1. The van der Waals surface area contributed by atoms with Crippen molar-refractivity contribution < 1.29 is 13.9 Å². The molecule has 0 saturated heterocycles. The minimum absolute atomic E-state index is 0.291. The van der Waals surface area contributed by atoms with Crippen LogP contribution in [0.4, 0.5) is 4.39 Å². The number of benzene rings is 1. The van der Waals surface area contributed by atoms with Gasteiger partial charge in [0.15, 0.2) is 0 Å². The van der Waals surface area contributed by atoms with Gasteiger partial charge in [0.1, 0.15) is 17.3 Å². The van der Waals surface area contributed by atoms with Crippen LogP contribution >= 0.6 is 0 Å². The summed E-state index contributed by atoms with van der Waals surface area (Å²) in [6.45, 7) is 6.05. The van der Waals surface area contributed by atoms with E-state index < -0.39 is 11.9 Å². The van der Waals surface area contributed by atoms with Gasteiger partial charge < -0.3 is 10.1 Å². The predicted octanol–water partition coefficient (Wildman–Crippen LogP) is 2.85. The van der Waals surface area contributed by atoms with E-state index in [1.54, 1.807) is 29.8 Å². The van der Waals surface area contributed by atoms with Crippen molar-refractivity contribution in [2.75, 3.05) is 7.11 Å². The van der Waals surface area contributed by atoms with Crippen molar-refractivity contribution >= 4 is 5.91 Å². The van der Waals surface area contributed by atoms with E-state index >= 15 is 0 Å². The Bertz CT molecular complexity index is 682. The quantitative estimate of drug-likeness (QED) is 0.924. The predicted molar refractivity (Wildman–Crippen MR) is 81.5 cm³/mol. The normalized spacial score (nSPS) is 12.0. The molecule has 1 N–H and O–H groups in total. The Morgan fingerprint density at radius 2 is 2.23 bits per heavy atom. The van der Waals surface area contributed by atoms with E-state index in [1.165, 1.54) is 13.2 Å². The molecule has 0 fully saturated rings. The average molecular weight is 305 g/mol. The van der Waals surface area contributed by atoms with Crippen LogP contribution in [-0.4, -0.2) is 22.8 Å². The number of halogens is 1. The second kappa shape index (κ2) is 6.60. The standard InChI is InChI=1S/C16H20FN3O2/c1-5-20-13(9-10(2)19-20)16(21)18-11(3)15-12(17)7-6-8-14(15)22-4/h6-9,11H,5H2,1-4H3,(H,18,21)/t11-/m1/s1. The number of aryl methyl sites for hydroxylation is 2. The largest absolute Gasteiger partial charge is 0.496 e. The number of aromatic nitrogens is 2. The molecule has 5 nitrogen and oxygen atoms in total. The van der Waals surface area contributed by atoms with Gasteiger partial charge in [-0.25, -0.2) is 4.39 Å². The van der Waals surface area contributed by atoms with Gasteiger partial charge in [0.2, 0.25) is 0 Å². The van der Waals surface area contributed by atoms with E-state index in [1.807, 2.05) is 13.8 Å². The molecule has 0 bridgehead atoms. The van der Waals surface area contributed by atoms with Crippen LogP contribution in [0.2, 0.25) is 0 Å². The summed E-state index contributed by atoms with van der Waals surface area (Å²) in [5.41, 5.74) is 1.56. The number of nitrogens with zero attached hydrogens (tertiary/aromatic N) is 2. The van der Waals surface area contributed by atoms with Gasteiger partial charge in [-0.3, -0.25) is 9.48 Å². The zero-order chi connectivity index (χ0) is 16.3. The third kappa shape index (κ3) is 3.10. The zero-order valence-electron chi connectivity index (χ0n) is 13.2. The summed E-state index contributed by atoms with van der Waals surface area (Å²) in [7, 11) is 1.47. The molecule has 1 atom stereocenters.